The van der Waals surface area contributed by atoms with Gasteiger partial charge in [0, 0.05) is 11.4 Å². The van der Waals surface area contributed by atoms with Gasteiger partial charge in [-0.1, -0.05) is 18.5 Å². The van der Waals surface area contributed by atoms with Gasteiger partial charge in [0.05, 0.1) is 0 Å². The average Bonchev–Trinajstić information content (AvgIpc) is 2.83. The monoisotopic (exact) mass is 268 g/mol. The Kier molecular flexibility index (Phi) is 4.01. The number of furan rings is 1. The molecule has 0 spiro atoms. The lowest BCUT2D eigenvalue weighted by Gasteiger charge is -2.15. The molecule has 0 bridgehead atoms. The minimum absolute atomic E-state index is 0.364. The van der Waals surface area contributed by atoms with Crippen molar-refractivity contribution < 1.29 is 8.81 Å². The maximum Gasteiger partial charge on any atom is 0.126 e. The van der Waals surface area contributed by atoms with E-state index in [0.29, 0.717) is 16.3 Å². The van der Waals surface area contributed by atoms with E-state index >= 15 is 0 Å². The van der Waals surface area contributed by atoms with Crippen molar-refractivity contribution in [2.24, 2.45) is 5.84 Å². The molecule has 1 atom stereocenters. The molecule has 0 amide bonds. The Bertz CT molecular complexity index is 542. The molecule has 1 aromatic heterocycles. The molecule has 0 aliphatic rings. The van der Waals surface area contributed by atoms with Gasteiger partial charge in [0.1, 0.15) is 23.4 Å². The molecule has 0 aliphatic carbocycles. The summed E-state index contributed by atoms with van der Waals surface area (Å²) in [5.74, 6) is 6.61. The fourth-order valence-corrected chi connectivity index (χ4v) is 2.03. The third-order valence-electron chi connectivity index (χ3n) is 2.75. The number of hydrogen-bond donors (Lipinski definition) is 2. The smallest absolute Gasteiger partial charge is 0.126 e. The minimum atomic E-state index is -0.464. The Balaban J connectivity index is 2.41. The van der Waals surface area contributed by atoms with E-state index in [1.165, 1.54) is 18.2 Å². The van der Waals surface area contributed by atoms with Gasteiger partial charge in [-0.25, -0.2) is 9.82 Å². The van der Waals surface area contributed by atoms with Crippen molar-refractivity contribution in [2.45, 2.75) is 19.4 Å². The van der Waals surface area contributed by atoms with Gasteiger partial charge >= 0.3 is 0 Å². The zero-order valence-electron chi connectivity index (χ0n) is 9.91. The van der Waals surface area contributed by atoms with Gasteiger partial charge < -0.3 is 4.42 Å². The van der Waals surface area contributed by atoms with Crippen LogP contribution in [0.25, 0.3) is 0 Å². The molecule has 1 unspecified atom stereocenters. The van der Waals surface area contributed by atoms with E-state index in [0.717, 1.165) is 12.2 Å². The van der Waals surface area contributed by atoms with E-state index in [1.807, 2.05) is 19.1 Å². The van der Waals surface area contributed by atoms with Crippen molar-refractivity contribution in [3.8, 4) is 0 Å². The standard InChI is InChI=1S/C13H14ClFN2O/c1-2-9-4-6-12(18-9)13(17-16)10-7-8(15)3-5-11(10)14/h3-7,13,17H,2,16H2,1H3. The first-order valence-electron chi connectivity index (χ1n) is 5.65. The van der Waals surface area contributed by atoms with E-state index in [2.05, 4.69) is 5.43 Å². The highest BCUT2D eigenvalue weighted by atomic mass is 35.5. The van der Waals surface area contributed by atoms with Crippen LogP contribution in [0.2, 0.25) is 5.02 Å². The summed E-state index contributed by atoms with van der Waals surface area (Å²) in [4.78, 5) is 0. The molecule has 18 heavy (non-hydrogen) atoms. The van der Waals surface area contributed by atoms with E-state index < -0.39 is 6.04 Å². The van der Waals surface area contributed by atoms with Gasteiger partial charge in [0.25, 0.3) is 0 Å². The molecule has 0 saturated carbocycles. The van der Waals surface area contributed by atoms with Crippen LogP contribution in [-0.2, 0) is 6.42 Å². The van der Waals surface area contributed by atoms with Crippen LogP contribution in [0.4, 0.5) is 4.39 Å². The SMILES string of the molecule is CCc1ccc(C(NN)c2cc(F)ccc2Cl)o1. The number of rotatable bonds is 4. The normalized spacial score (nSPS) is 12.7. The first-order valence-corrected chi connectivity index (χ1v) is 6.03. The molecule has 5 heteroatoms. The van der Waals surface area contributed by atoms with Crippen molar-refractivity contribution in [3.63, 3.8) is 0 Å². The predicted octanol–water partition coefficient (Wildman–Crippen LogP) is 3.19. The molecular weight excluding hydrogens is 255 g/mol. The quantitative estimate of drug-likeness (QED) is 0.661. The summed E-state index contributed by atoms with van der Waals surface area (Å²) in [5, 5.41) is 0.439. The maximum absolute atomic E-state index is 13.3. The average molecular weight is 269 g/mol. The zero-order valence-corrected chi connectivity index (χ0v) is 10.7. The molecular formula is C13H14ClFN2O. The van der Waals surface area contributed by atoms with E-state index in [-0.39, 0.29) is 5.82 Å². The molecule has 96 valence electrons. The Labute approximate surface area is 110 Å². The van der Waals surface area contributed by atoms with Gasteiger partial charge in [0.15, 0.2) is 0 Å². The zero-order chi connectivity index (χ0) is 13.1. The summed E-state index contributed by atoms with van der Waals surface area (Å²) in [5.41, 5.74) is 3.15. The lowest BCUT2D eigenvalue weighted by Crippen LogP contribution is -2.28. The Morgan fingerprint density at radius 1 is 1.39 bits per heavy atom. The van der Waals surface area contributed by atoms with Crippen LogP contribution >= 0.6 is 11.6 Å². The van der Waals surface area contributed by atoms with Crippen LogP contribution in [0.3, 0.4) is 0 Å². The summed E-state index contributed by atoms with van der Waals surface area (Å²) in [6.07, 6.45) is 0.786. The number of halogens is 2. The predicted molar refractivity (Wildman–Crippen MR) is 68.7 cm³/mol. The first-order chi connectivity index (χ1) is 8.65. The van der Waals surface area contributed by atoms with Crippen molar-refractivity contribution in [2.75, 3.05) is 0 Å². The molecule has 3 N–H and O–H groups in total. The van der Waals surface area contributed by atoms with Gasteiger partial charge in [-0.2, -0.15) is 0 Å². The second kappa shape index (κ2) is 5.52. The third-order valence-corrected chi connectivity index (χ3v) is 3.10. The summed E-state index contributed by atoms with van der Waals surface area (Å²) >= 11 is 6.06. The Morgan fingerprint density at radius 3 is 2.78 bits per heavy atom. The highest BCUT2D eigenvalue weighted by Crippen LogP contribution is 2.29. The number of aryl methyl sites for hydroxylation is 1. The molecule has 2 rings (SSSR count). The summed E-state index contributed by atoms with van der Waals surface area (Å²) in [6.45, 7) is 1.99. The summed E-state index contributed by atoms with van der Waals surface area (Å²) in [6, 6.07) is 7.37. The number of nitrogens with one attached hydrogen (secondary N) is 1. The molecule has 0 saturated heterocycles. The molecule has 0 aliphatic heterocycles. The van der Waals surface area contributed by atoms with Crippen LogP contribution in [0.15, 0.2) is 34.7 Å². The van der Waals surface area contributed by atoms with Gasteiger partial charge in [-0.3, -0.25) is 5.84 Å². The van der Waals surface area contributed by atoms with Crippen LogP contribution in [0.1, 0.15) is 30.0 Å². The molecule has 0 radical (unpaired) electrons. The number of nitrogens with two attached hydrogens (primary N) is 1. The van der Waals surface area contributed by atoms with Gasteiger partial charge in [-0.05, 0) is 35.9 Å². The molecule has 1 aromatic carbocycles. The first kappa shape index (κ1) is 13.1. The van der Waals surface area contributed by atoms with Crippen molar-refractivity contribution in [1.82, 2.24) is 5.43 Å². The number of benzene rings is 1. The summed E-state index contributed by atoms with van der Waals surface area (Å²) in [7, 11) is 0. The Hall–Kier alpha value is -1.36. The minimum Gasteiger partial charge on any atom is -0.464 e. The number of hydrazine groups is 1. The topological polar surface area (TPSA) is 51.2 Å². The van der Waals surface area contributed by atoms with Gasteiger partial charge in [0.2, 0.25) is 0 Å². The van der Waals surface area contributed by atoms with Gasteiger partial charge in [-0.15, -0.1) is 0 Å². The van der Waals surface area contributed by atoms with Crippen LogP contribution in [-0.4, -0.2) is 0 Å². The maximum atomic E-state index is 13.3. The third kappa shape index (κ3) is 2.56. The second-order valence-corrected chi connectivity index (χ2v) is 4.33. The molecule has 2 aromatic rings. The highest BCUT2D eigenvalue weighted by Gasteiger charge is 2.19. The molecule has 0 fully saturated rings. The fraction of sp³-hybridized carbons (Fsp3) is 0.231. The highest BCUT2D eigenvalue weighted by molar-refractivity contribution is 6.31. The fourth-order valence-electron chi connectivity index (χ4n) is 1.80. The molecule has 1 heterocycles. The van der Waals surface area contributed by atoms with E-state index in [1.54, 1.807) is 0 Å². The second-order valence-electron chi connectivity index (χ2n) is 3.92. The van der Waals surface area contributed by atoms with Crippen molar-refractivity contribution in [3.05, 3.63) is 58.3 Å². The lowest BCUT2D eigenvalue weighted by molar-refractivity contribution is 0.425. The van der Waals surface area contributed by atoms with Crippen molar-refractivity contribution >= 4 is 11.6 Å². The largest absolute Gasteiger partial charge is 0.464 e. The molecule has 3 nitrogen and oxygen atoms in total. The van der Waals surface area contributed by atoms with Crippen LogP contribution < -0.4 is 11.3 Å². The number of hydrogen-bond acceptors (Lipinski definition) is 3. The van der Waals surface area contributed by atoms with E-state index in [4.69, 9.17) is 21.9 Å². The van der Waals surface area contributed by atoms with Crippen LogP contribution in [0.5, 0.6) is 0 Å². The Morgan fingerprint density at radius 2 is 2.17 bits per heavy atom. The summed E-state index contributed by atoms with van der Waals surface area (Å²) < 4.78 is 18.9. The van der Waals surface area contributed by atoms with Crippen molar-refractivity contribution in [1.29, 1.82) is 0 Å². The lowest BCUT2D eigenvalue weighted by atomic mass is 10.1. The van der Waals surface area contributed by atoms with Crippen LogP contribution in [0, 0.1) is 5.82 Å². The van der Waals surface area contributed by atoms with E-state index in [9.17, 15) is 4.39 Å².